The van der Waals surface area contributed by atoms with Gasteiger partial charge < -0.3 is 9.47 Å². The standard InChI is InChI=1S/C24H21N3O2S/c1-28-20-14-12-17(13-15-20)22-23(18-8-4-3-5-9-18)30-24(26-22)27-25-16-19-10-6-7-11-21(19)29-2/h3-16H,1-2H3,(H,26,27)/b25-16+. The van der Waals surface area contributed by atoms with E-state index in [-0.39, 0.29) is 0 Å². The number of rotatable bonds is 7. The summed E-state index contributed by atoms with van der Waals surface area (Å²) in [6, 6.07) is 25.9. The highest BCUT2D eigenvalue weighted by Gasteiger charge is 2.15. The first-order chi connectivity index (χ1) is 14.8. The van der Waals surface area contributed by atoms with E-state index in [9.17, 15) is 0 Å². The van der Waals surface area contributed by atoms with Gasteiger partial charge >= 0.3 is 0 Å². The van der Waals surface area contributed by atoms with Crippen LogP contribution in [0.2, 0.25) is 0 Å². The molecule has 3 aromatic carbocycles. The number of aromatic nitrogens is 1. The summed E-state index contributed by atoms with van der Waals surface area (Å²) < 4.78 is 10.6. The first kappa shape index (κ1) is 19.7. The van der Waals surface area contributed by atoms with Crippen molar-refractivity contribution in [3.8, 4) is 33.2 Å². The summed E-state index contributed by atoms with van der Waals surface area (Å²) in [6.07, 6.45) is 1.73. The maximum Gasteiger partial charge on any atom is 0.204 e. The Labute approximate surface area is 179 Å². The molecule has 0 bridgehead atoms. The van der Waals surface area contributed by atoms with Crippen LogP contribution in [0, 0.1) is 0 Å². The van der Waals surface area contributed by atoms with Gasteiger partial charge in [0.1, 0.15) is 11.5 Å². The van der Waals surface area contributed by atoms with Crippen molar-refractivity contribution < 1.29 is 9.47 Å². The summed E-state index contributed by atoms with van der Waals surface area (Å²) in [5, 5.41) is 5.08. The lowest BCUT2D eigenvalue weighted by molar-refractivity contribution is 0.414. The molecular formula is C24H21N3O2S. The minimum absolute atomic E-state index is 0.714. The molecule has 0 aliphatic heterocycles. The molecule has 0 saturated heterocycles. The van der Waals surface area contributed by atoms with Crippen molar-refractivity contribution in [3.63, 3.8) is 0 Å². The number of hydrogen-bond donors (Lipinski definition) is 1. The van der Waals surface area contributed by atoms with Gasteiger partial charge in [0.25, 0.3) is 0 Å². The van der Waals surface area contributed by atoms with Crippen molar-refractivity contribution in [2.45, 2.75) is 0 Å². The zero-order valence-corrected chi connectivity index (χ0v) is 17.5. The third kappa shape index (κ3) is 4.34. The average Bonchev–Trinajstić information content (AvgIpc) is 3.24. The fraction of sp³-hybridized carbons (Fsp3) is 0.0833. The number of nitrogens with zero attached hydrogens (tertiary/aromatic N) is 2. The largest absolute Gasteiger partial charge is 0.497 e. The van der Waals surface area contributed by atoms with Crippen molar-refractivity contribution in [1.82, 2.24) is 4.98 Å². The number of methoxy groups -OCH3 is 2. The predicted octanol–water partition coefficient (Wildman–Crippen LogP) is 5.94. The van der Waals surface area contributed by atoms with E-state index in [1.807, 2.05) is 66.7 Å². The summed E-state index contributed by atoms with van der Waals surface area (Å²) in [7, 11) is 3.31. The molecule has 0 amide bonds. The summed E-state index contributed by atoms with van der Waals surface area (Å²) in [6.45, 7) is 0. The Balaban J connectivity index is 1.65. The van der Waals surface area contributed by atoms with Crippen LogP contribution in [0.15, 0.2) is 84.0 Å². The smallest absolute Gasteiger partial charge is 0.204 e. The molecular weight excluding hydrogens is 394 g/mol. The van der Waals surface area contributed by atoms with Gasteiger partial charge in [0, 0.05) is 11.1 Å². The van der Waals surface area contributed by atoms with Gasteiger partial charge in [-0.3, -0.25) is 5.43 Å². The van der Waals surface area contributed by atoms with Crippen molar-refractivity contribution in [3.05, 3.63) is 84.4 Å². The maximum atomic E-state index is 5.36. The van der Waals surface area contributed by atoms with Gasteiger partial charge in [-0.1, -0.05) is 53.8 Å². The van der Waals surface area contributed by atoms with Gasteiger partial charge in [-0.15, -0.1) is 0 Å². The third-order valence-corrected chi connectivity index (χ3v) is 5.54. The lowest BCUT2D eigenvalue weighted by Gasteiger charge is -2.04. The lowest BCUT2D eigenvalue weighted by atomic mass is 10.1. The first-order valence-corrected chi connectivity index (χ1v) is 10.2. The molecule has 0 atom stereocenters. The van der Waals surface area contributed by atoms with Crippen LogP contribution in [0.1, 0.15) is 5.56 Å². The van der Waals surface area contributed by atoms with Crippen LogP contribution < -0.4 is 14.9 Å². The number of para-hydroxylation sites is 1. The Kier molecular flexibility index (Phi) is 6.06. The molecule has 0 aliphatic carbocycles. The van der Waals surface area contributed by atoms with Crippen LogP contribution in [0.25, 0.3) is 21.7 Å². The molecule has 0 saturated carbocycles. The number of thiazole rings is 1. The van der Waals surface area contributed by atoms with E-state index in [0.29, 0.717) is 5.13 Å². The van der Waals surface area contributed by atoms with Crippen molar-refractivity contribution in [2.24, 2.45) is 5.10 Å². The summed E-state index contributed by atoms with van der Waals surface area (Å²) >= 11 is 1.56. The molecule has 5 nitrogen and oxygen atoms in total. The Hall–Kier alpha value is -3.64. The number of ether oxygens (including phenoxy) is 2. The molecule has 1 heterocycles. The molecule has 6 heteroatoms. The molecule has 0 fully saturated rings. The molecule has 1 N–H and O–H groups in total. The van der Waals surface area contributed by atoms with E-state index in [0.717, 1.165) is 38.8 Å². The maximum absolute atomic E-state index is 5.36. The SMILES string of the molecule is COc1ccc(-c2nc(N/N=C/c3ccccc3OC)sc2-c2ccccc2)cc1. The fourth-order valence-electron chi connectivity index (χ4n) is 3.03. The predicted molar refractivity (Wildman–Crippen MR) is 124 cm³/mol. The van der Waals surface area contributed by atoms with E-state index in [1.165, 1.54) is 0 Å². The second-order valence-corrected chi connectivity index (χ2v) is 7.40. The van der Waals surface area contributed by atoms with Crippen molar-refractivity contribution >= 4 is 22.7 Å². The Bertz CT molecular complexity index is 1140. The second-order valence-electron chi connectivity index (χ2n) is 6.40. The Morgan fingerprint density at radius 3 is 2.30 bits per heavy atom. The van der Waals surface area contributed by atoms with Gasteiger partial charge in [0.05, 0.1) is 31.0 Å². The fourth-order valence-corrected chi connectivity index (χ4v) is 3.97. The van der Waals surface area contributed by atoms with Crippen LogP contribution in [0.4, 0.5) is 5.13 Å². The Morgan fingerprint density at radius 2 is 1.57 bits per heavy atom. The van der Waals surface area contributed by atoms with E-state index >= 15 is 0 Å². The van der Waals surface area contributed by atoms with Crippen LogP contribution >= 0.6 is 11.3 Å². The van der Waals surface area contributed by atoms with E-state index in [4.69, 9.17) is 14.5 Å². The third-order valence-electron chi connectivity index (χ3n) is 4.53. The van der Waals surface area contributed by atoms with Gasteiger partial charge in [-0.05, 0) is 42.0 Å². The number of benzene rings is 3. The summed E-state index contributed by atoms with van der Waals surface area (Å²) in [5.41, 5.74) is 7.00. The van der Waals surface area contributed by atoms with Crippen LogP contribution in [0.5, 0.6) is 11.5 Å². The molecule has 150 valence electrons. The topological polar surface area (TPSA) is 55.7 Å². The van der Waals surface area contributed by atoms with Crippen LogP contribution in [-0.2, 0) is 0 Å². The highest BCUT2D eigenvalue weighted by atomic mass is 32.1. The number of hydrogen-bond acceptors (Lipinski definition) is 6. The molecule has 0 radical (unpaired) electrons. The molecule has 4 aromatic rings. The van der Waals surface area contributed by atoms with E-state index in [1.54, 1.807) is 31.8 Å². The lowest BCUT2D eigenvalue weighted by Crippen LogP contribution is -1.93. The first-order valence-electron chi connectivity index (χ1n) is 9.41. The number of hydrazone groups is 1. The molecule has 0 unspecified atom stereocenters. The van der Waals surface area contributed by atoms with Gasteiger partial charge in [0.2, 0.25) is 5.13 Å². The average molecular weight is 416 g/mol. The minimum atomic E-state index is 0.714. The van der Waals surface area contributed by atoms with E-state index in [2.05, 4.69) is 22.7 Å². The van der Waals surface area contributed by atoms with Gasteiger partial charge in [-0.2, -0.15) is 5.10 Å². The monoisotopic (exact) mass is 415 g/mol. The molecule has 4 rings (SSSR count). The van der Waals surface area contributed by atoms with Gasteiger partial charge in [0.15, 0.2) is 0 Å². The molecule has 1 aromatic heterocycles. The quantitative estimate of drug-likeness (QED) is 0.300. The van der Waals surface area contributed by atoms with Crippen LogP contribution in [-0.4, -0.2) is 25.4 Å². The van der Waals surface area contributed by atoms with Crippen LogP contribution in [0.3, 0.4) is 0 Å². The molecule has 0 aliphatic rings. The minimum Gasteiger partial charge on any atom is -0.497 e. The number of nitrogens with one attached hydrogen (secondary N) is 1. The van der Waals surface area contributed by atoms with Crippen molar-refractivity contribution in [2.75, 3.05) is 19.6 Å². The highest BCUT2D eigenvalue weighted by Crippen LogP contribution is 2.39. The second kappa shape index (κ2) is 9.24. The summed E-state index contributed by atoms with van der Waals surface area (Å²) in [4.78, 5) is 5.89. The number of anilines is 1. The summed E-state index contributed by atoms with van der Waals surface area (Å²) in [5.74, 6) is 1.58. The normalized spacial score (nSPS) is 10.9. The molecule has 30 heavy (non-hydrogen) atoms. The van der Waals surface area contributed by atoms with E-state index < -0.39 is 0 Å². The highest BCUT2D eigenvalue weighted by molar-refractivity contribution is 7.19. The zero-order valence-electron chi connectivity index (χ0n) is 16.7. The molecule has 0 spiro atoms. The van der Waals surface area contributed by atoms with Crippen molar-refractivity contribution in [1.29, 1.82) is 0 Å². The van der Waals surface area contributed by atoms with Gasteiger partial charge in [-0.25, -0.2) is 4.98 Å². The Morgan fingerprint density at radius 1 is 0.833 bits per heavy atom. The zero-order chi connectivity index (χ0) is 20.8.